The summed E-state index contributed by atoms with van der Waals surface area (Å²) in [5.41, 5.74) is 4.22. The van der Waals surface area contributed by atoms with E-state index in [2.05, 4.69) is 31.0 Å². The average molecular weight is 318 g/mol. The molecule has 0 aliphatic carbocycles. The van der Waals surface area contributed by atoms with Gasteiger partial charge in [0.2, 0.25) is 0 Å². The minimum absolute atomic E-state index is 0. The zero-order valence-electron chi connectivity index (χ0n) is 10.9. The molecular formula is C11H15MnN6S-. The molecule has 0 aromatic carbocycles. The van der Waals surface area contributed by atoms with Crippen LogP contribution in [0.25, 0.3) is 0 Å². The first-order valence-corrected chi connectivity index (χ1v) is 5.73. The Morgan fingerprint density at radius 1 is 1.21 bits per heavy atom. The molecule has 2 N–H and O–H groups in total. The van der Waals surface area contributed by atoms with Crippen molar-refractivity contribution < 1.29 is 17.1 Å². The Bertz CT molecular complexity index is 471. The Hall–Kier alpha value is -1.50. The Kier molecular flexibility index (Phi) is 8.69. The van der Waals surface area contributed by atoms with Gasteiger partial charge in [-0.3, -0.25) is 5.43 Å². The van der Waals surface area contributed by atoms with Gasteiger partial charge < -0.3 is 17.9 Å². The zero-order chi connectivity index (χ0) is 13.4. The third kappa shape index (κ3) is 6.85. The fourth-order valence-electron chi connectivity index (χ4n) is 0.894. The van der Waals surface area contributed by atoms with Crippen LogP contribution in [0.15, 0.2) is 39.7 Å². The van der Waals surface area contributed by atoms with Crippen LogP contribution in [0.5, 0.6) is 0 Å². The van der Waals surface area contributed by atoms with Gasteiger partial charge in [0.05, 0.1) is 11.4 Å². The van der Waals surface area contributed by atoms with E-state index < -0.39 is 0 Å². The van der Waals surface area contributed by atoms with Crippen LogP contribution >= 0.6 is 0 Å². The van der Waals surface area contributed by atoms with E-state index in [1.54, 1.807) is 20.2 Å². The molecule has 0 saturated heterocycles. The molecule has 1 aromatic heterocycles. The van der Waals surface area contributed by atoms with Crippen molar-refractivity contribution in [3.05, 3.63) is 24.4 Å². The number of pyridine rings is 1. The third-order valence-electron chi connectivity index (χ3n) is 2.03. The van der Waals surface area contributed by atoms with Gasteiger partial charge in [-0.25, -0.2) is 4.98 Å². The number of anilines is 1. The summed E-state index contributed by atoms with van der Waals surface area (Å²) in [4.78, 5) is 4.09. The van der Waals surface area contributed by atoms with E-state index in [1.165, 1.54) is 0 Å². The molecule has 6 nitrogen and oxygen atoms in total. The van der Waals surface area contributed by atoms with Gasteiger partial charge in [0, 0.05) is 30.3 Å². The summed E-state index contributed by atoms with van der Waals surface area (Å²) in [6.07, 6.45) is 1.69. The molecule has 0 saturated carbocycles. The molecule has 1 heterocycles. The average Bonchev–Trinajstić information content (AvgIpc) is 2.42. The van der Waals surface area contributed by atoms with Crippen LogP contribution in [-0.2, 0) is 29.7 Å². The van der Waals surface area contributed by atoms with Gasteiger partial charge in [-0.15, -0.1) is 0 Å². The number of hydrazone groups is 1. The van der Waals surface area contributed by atoms with E-state index in [1.807, 2.05) is 25.1 Å². The molecule has 19 heavy (non-hydrogen) atoms. The maximum absolute atomic E-state index is 4.85. The van der Waals surface area contributed by atoms with Crippen molar-refractivity contribution in [1.29, 1.82) is 0 Å². The quantitative estimate of drug-likeness (QED) is 0.289. The Balaban J connectivity index is 0.00000324. The third-order valence-corrected chi connectivity index (χ3v) is 2.32. The smallest absolute Gasteiger partial charge is 0.146 e. The van der Waals surface area contributed by atoms with Crippen LogP contribution in [0.1, 0.15) is 13.8 Å². The molecule has 1 radical (unpaired) electrons. The summed E-state index contributed by atoms with van der Waals surface area (Å²) in [7, 11) is 1.69. The number of hydrogen-bond donors (Lipinski definition) is 2. The zero-order valence-corrected chi connectivity index (χ0v) is 12.9. The minimum Gasteiger partial charge on any atom is -0.741 e. The van der Waals surface area contributed by atoms with E-state index in [0.29, 0.717) is 22.4 Å². The molecule has 0 aliphatic heterocycles. The SMILES string of the molecule is CN/C([S-])=N/N=C(C)/C(C)=N/Nc1ccccn1.[Mn]. The van der Waals surface area contributed by atoms with Gasteiger partial charge in [-0.2, -0.15) is 15.3 Å². The summed E-state index contributed by atoms with van der Waals surface area (Å²) in [5, 5.41) is 14.9. The van der Waals surface area contributed by atoms with E-state index >= 15 is 0 Å². The second-order valence-electron chi connectivity index (χ2n) is 3.36. The van der Waals surface area contributed by atoms with Gasteiger partial charge >= 0.3 is 0 Å². The molecule has 8 heteroatoms. The number of aromatic nitrogens is 1. The normalized spacial score (nSPS) is 12.7. The summed E-state index contributed by atoms with van der Waals surface area (Å²) in [6, 6.07) is 5.54. The monoisotopic (exact) mass is 318 g/mol. The molecule has 0 unspecified atom stereocenters. The number of nitrogens with zero attached hydrogens (tertiary/aromatic N) is 4. The fraction of sp³-hybridized carbons (Fsp3) is 0.273. The van der Waals surface area contributed by atoms with Gasteiger partial charge in [-0.05, 0) is 31.1 Å². The summed E-state index contributed by atoms with van der Waals surface area (Å²) >= 11 is 4.85. The van der Waals surface area contributed by atoms with E-state index in [0.717, 1.165) is 0 Å². The van der Waals surface area contributed by atoms with Crippen molar-refractivity contribution in [2.45, 2.75) is 13.8 Å². The van der Waals surface area contributed by atoms with E-state index in [-0.39, 0.29) is 17.1 Å². The molecule has 103 valence electrons. The minimum atomic E-state index is 0. The largest absolute Gasteiger partial charge is 0.741 e. The van der Waals surface area contributed by atoms with Gasteiger partial charge in [0.1, 0.15) is 5.82 Å². The first-order valence-electron chi connectivity index (χ1n) is 5.32. The maximum Gasteiger partial charge on any atom is 0.146 e. The molecule has 1 rings (SSSR count). The first-order chi connectivity index (χ1) is 8.63. The van der Waals surface area contributed by atoms with Crippen LogP contribution in [-0.4, -0.2) is 28.6 Å². The summed E-state index contributed by atoms with van der Waals surface area (Å²) < 4.78 is 0. The molecule has 0 fully saturated rings. The number of nitrogens with one attached hydrogen (secondary N) is 2. The van der Waals surface area contributed by atoms with E-state index in [4.69, 9.17) is 12.6 Å². The van der Waals surface area contributed by atoms with Crippen LogP contribution in [0.2, 0.25) is 0 Å². The molecule has 1 aromatic rings. The van der Waals surface area contributed by atoms with Crippen LogP contribution in [0.4, 0.5) is 5.82 Å². The predicted molar refractivity (Wildman–Crippen MR) is 77.9 cm³/mol. The van der Waals surface area contributed by atoms with Crippen molar-refractivity contribution in [2.24, 2.45) is 15.3 Å². The van der Waals surface area contributed by atoms with Crippen LogP contribution in [0, 0.1) is 0 Å². The molecule has 0 amide bonds. The number of amidine groups is 1. The molecule has 0 aliphatic rings. The van der Waals surface area contributed by atoms with Gasteiger partial charge in [0.15, 0.2) is 0 Å². The van der Waals surface area contributed by atoms with Crippen molar-refractivity contribution in [3.63, 3.8) is 0 Å². The Labute approximate surface area is 128 Å². The summed E-state index contributed by atoms with van der Waals surface area (Å²) in [5.74, 6) is 0.673. The molecule has 0 atom stereocenters. The van der Waals surface area contributed by atoms with Crippen LogP contribution < -0.4 is 10.7 Å². The maximum atomic E-state index is 4.85. The van der Waals surface area contributed by atoms with Gasteiger partial charge in [-0.1, -0.05) is 6.07 Å². The first kappa shape index (κ1) is 17.5. The van der Waals surface area contributed by atoms with Gasteiger partial charge in [0.25, 0.3) is 0 Å². The Morgan fingerprint density at radius 3 is 2.53 bits per heavy atom. The van der Waals surface area contributed by atoms with Crippen LogP contribution in [0.3, 0.4) is 0 Å². The molecular weight excluding hydrogens is 303 g/mol. The number of hydrogen-bond acceptors (Lipinski definition) is 6. The fourth-order valence-corrected chi connectivity index (χ4v) is 0.935. The predicted octanol–water partition coefficient (Wildman–Crippen LogP) is 1.37. The number of rotatable bonds is 4. The second-order valence-corrected chi connectivity index (χ2v) is 3.75. The standard InChI is InChI=1S/C11H16N6S.Mn/c1-8(9(2)15-17-11(18)12-3)14-16-10-6-4-5-7-13-10;/h4-7H,1-3H3,(H,13,16)(H2,12,17,18);/p-1/b14-8+,15-9+;. The van der Waals surface area contributed by atoms with Crippen molar-refractivity contribution in [3.8, 4) is 0 Å². The molecule has 0 bridgehead atoms. The summed E-state index contributed by atoms with van der Waals surface area (Å²) in [6.45, 7) is 3.63. The Morgan fingerprint density at radius 2 is 1.95 bits per heavy atom. The van der Waals surface area contributed by atoms with Crippen molar-refractivity contribution >= 4 is 35.0 Å². The van der Waals surface area contributed by atoms with Crippen molar-refractivity contribution in [2.75, 3.05) is 12.5 Å². The van der Waals surface area contributed by atoms with Crippen molar-refractivity contribution in [1.82, 2.24) is 10.3 Å². The van der Waals surface area contributed by atoms with E-state index in [9.17, 15) is 0 Å². The topological polar surface area (TPSA) is 74.0 Å². The molecule has 0 spiro atoms. The second kappa shape index (κ2) is 9.43.